The van der Waals surface area contributed by atoms with Crippen LogP contribution >= 0.6 is 0 Å². The van der Waals surface area contributed by atoms with Gasteiger partial charge in [0.25, 0.3) is 0 Å². The Morgan fingerprint density at radius 2 is 2.20 bits per heavy atom. The number of nitrogens with zero attached hydrogens (tertiary/aromatic N) is 2. The highest BCUT2D eigenvalue weighted by molar-refractivity contribution is 5.50. The maximum Gasteiger partial charge on any atom is 0.141 e. The van der Waals surface area contributed by atoms with Gasteiger partial charge in [-0.05, 0) is 43.4 Å². The Labute approximate surface area is 118 Å². The molecule has 0 aliphatic heterocycles. The Morgan fingerprint density at radius 3 is 2.90 bits per heavy atom. The van der Waals surface area contributed by atoms with E-state index in [-0.39, 0.29) is 12.1 Å². The molecule has 5 nitrogen and oxygen atoms in total. The molecule has 1 aliphatic rings. The van der Waals surface area contributed by atoms with Crippen LogP contribution in [0.3, 0.4) is 0 Å². The minimum absolute atomic E-state index is 0.0700. The minimum atomic E-state index is 0.0700. The van der Waals surface area contributed by atoms with Gasteiger partial charge in [-0.1, -0.05) is 13.0 Å². The maximum absolute atomic E-state index is 10.2. The van der Waals surface area contributed by atoms with Crippen LogP contribution in [0.1, 0.15) is 60.8 Å². The van der Waals surface area contributed by atoms with Crippen LogP contribution in [0, 0.1) is 6.92 Å². The quantitative estimate of drug-likeness (QED) is 0.803. The first-order valence-corrected chi connectivity index (χ1v) is 7.01. The van der Waals surface area contributed by atoms with Crippen LogP contribution in [-0.2, 0) is 0 Å². The molecule has 3 atom stereocenters. The molecule has 1 heterocycles. The van der Waals surface area contributed by atoms with Crippen molar-refractivity contribution in [3.05, 3.63) is 41.0 Å². The molecule has 106 valence electrons. The Balaban J connectivity index is 1.90. The van der Waals surface area contributed by atoms with Crippen molar-refractivity contribution < 1.29 is 5.11 Å². The van der Waals surface area contributed by atoms with E-state index >= 15 is 0 Å². The van der Waals surface area contributed by atoms with Gasteiger partial charge >= 0.3 is 0 Å². The van der Waals surface area contributed by atoms with Crippen molar-refractivity contribution >= 4 is 0 Å². The first-order valence-electron chi connectivity index (χ1n) is 7.01. The minimum Gasteiger partial charge on any atom is -0.508 e. The highest BCUT2D eigenvalue weighted by Crippen LogP contribution is 2.46. The number of nitrogens with one attached hydrogen (secondary N) is 2. The third-order valence-electron chi connectivity index (χ3n) is 4.21. The number of rotatable bonds is 3. The Kier molecular flexibility index (Phi) is 3.22. The summed E-state index contributed by atoms with van der Waals surface area (Å²) < 4.78 is 0. The van der Waals surface area contributed by atoms with Gasteiger partial charge in [-0.25, -0.2) is 4.98 Å². The van der Waals surface area contributed by atoms with Crippen LogP contribution in [0.4, 0.5) is 0 Å². The Hall–Kier alpha value is -1.88. The number of phenolic OH excluding ortho intramolecular Hbond substituents is 1. The number of fused-ring (bicyclic) bond motifs is 1. The highest BCUT2D eigenvalue weighted by atomic mass is 16.3. The molecule has 3 N–H and O–H groups in total. The van der Waals surface area contributed by atoms with Crippen LogP contribution in [0.25, 0.3) is 0 Å². The fourth-order valence-corrected chi connectivity index (χ4v) is 3.30. The summed E-state index contributed by atoms with van der Waals surface area (Å²) in [5.74, 6) is 1.66. The largest absolute Gasteiger partial charge is 0.508 e. The predicted molar refractivity (Wildman–Crippen MR) is 76.6 cm³/mol. The van der Waals surface area contributed by atoms with E-state index in [0.717, 1.165) is 17.8 Å². The molecule has 3 rings (SSSR count). The second kappa shape index (κ2) is 4.90. The van der Waals surface area contributed by atoms with Crippen LogP contribution in [-0.4, -0.2) is 20.3 Å². The third-order valence-corrected chi connectivity index (χ3v) is 4.21. The molecule has 3 unspecified atom stereocenters. The van der Waals surface area contributed by atoms with Gasteiger partial charge in [0.15, 0.2) is 0 Å². The summed E-state index contributed by atoms with van der Waals surface area (Å²) in [6.45, 7) is 6.37. The van der Waals surface area contributed by atoms with Gasteiger partial charge in [-0.2, -0.15) is 5.10 Å². The molecule has 1 aromatic carbocycles. The summed E-state index contributed by atoms with van der Waals surface area (Å²) in [6.07, 6.45) is 2.51. The van der Waals surface area contributed by atoms with E-state index in [0.29, 0.717) is 11.7 Å². The Bertz CT molecular complexity index is 609. The predicted octanol–water partition coefficient (Wildman–Crippen LogP) is 2.72. The van der Waals surface area contributed by atoms with Crippen molar-refractivity contribution in [1.29, 1.82) is 0 Å². The number of phenols is 1. The number of aromatic hydroxyl groups is 1. The molecular formula is C15H20N4O. The zero-order valence-corrected chi connectivity index (χ0v) is 12.0. The standard InChI is InChI=1S/C15H20N4O/c1-8-4-5-12(20)14-11(6-9(2)13(8)14)18-10(3)15-16-7-17-19-15/h4-5,7,9-11,18,20H,6H2,1-3H3,(H,16,17,19). The lowest BCUT2D eigenvalue weighted by Crippen LogP contribution is -2.24. The molecule has 0 radical (unpaired) electrons. The van der Waals surface area contributed by atoms with Crippen molar-refractivity contribution in [3.63, 3.8) is 0 Å². The van der Waals surface area contributed by atoms with Gasteiger partial charge < -0.3 is 10.4 Å². The van der Waals surface area contributed by atoms with Gasteiger partial charge in [-0.3, -0.25) is 5.10 Å². The summed E-state index contributed by atoms with van der Waals surface area (Å²) in [5, 5.41) is 20.5. The molecule has 0 fully saturated rings. The number of aryl methyl sites for hydroxylation is 1. The van der Waals surface area contributed by atoms with Crippen LogP contribution < -0.4 is 5.32 Å². The third kappa shape index (κ3) is 2.08. The lowest BCUT2D eigenvalue weighted by molar-refractivity contribution is 0.415. The molecule has 5 heteroatoms. The summed E-state index contributed by atoms with van der Waals surface area (Å²) in [7, 11) is 0. The first kappa shape index (κ1) is 13.1. The van der Waals surface area contributed by atoms with E-state index in [4.69, 9.17) is 0 Å². The number of aromatic nitrogens is 3. The number of aromatic amines is 1. The number of hydrogen-bond donors (Lipinski definition) is 3. The van der Waals surface area contributed by atoms with Crippen molar-refractivity contribution in [3.8, 4) is 5.75 Å². The normalized spacial score (nSPS) is 22.8. The fraction of sp³-hybridized carbons (Fsp3) is 0.467. The molecule has 1 aromatic heterocycles. The SMILES string of the molecule is Cc1ccc(O)c2c1C(C)CC2NC(C)c1ncn[nH]1. The van der Waals surface area contributed by atoms with E-state index < -0.39 is 0 Å². The molecular weight excluding hydrogens is 252 g/mol. The number of benzene rings is 1. The zero-order valence-electron chi connectivity index (χ0n) is 12.0. The molecule has 0 amide bonds. The van der Waals surface area contributed by atoms with E-state index in [1.165, 1.54) is 17.5 Å². The van der Waals surface area contributed by atoms with Gasteiger partial charge in [-0.15, -0.1) is 0 Å². The number of hydrogen-bond acceptors (Lipinski definition) is 4. The van der Waals surface area contributed by atoms with Gasteiger partial charge in [0.2, 0.25) is 0 Å². The van der Waals surface area contributed by atoms with Crippen molar-refractivity contribution in [2.75, 3.05) is 0 Å². The summed E-state index contributed by atoms with van der Waals surface area (Å²) in [6, 6.07) is 4.01. The Morgan fingerprint density at radius 1 is 1.40 bits per heavy atom. The molecule has 0 spiro atoms. The lowest BCUT2D eigenvalue weighted by Gasteiger charge is -2.19. The summed E-state index contributed by atoms with van der Waals surface area (Å²) >= 11 is 0. The average Bonchev–Trinajstić information content (AvgIpc) is 3.03. The van der Waals surface area contributed by atoms with Crippen LogP contribution in [0.5, 0.6) is 5.75 Å². The van der Waals surface area contributed by atoms with E-state index in [1.807, 2.05) is 6.07 Å². The second-order valence-electron chi connectivity index (χ2n) is 5.68. The molecule has 0 bridgehead atoms. The molecule has 1 aliphatic carbocycles. The average molecular weight is 272 g/mol. The molecule has 20 heavy (non-hydrogen) atoms. The van der Waals surface area contributed by atoms with E-state index in [2.05, 4.69) is 41.3 Å². The van der Waals surface area contributed by atoms with Gasteiger partial charge in [0, 0.05) is 11.6 Å². The van der Waals surface area contributed by atoms with Crippen molar-refractivity contribution in [2.45, 2.75) is 45.2 Å². The van der Waals surface area contributed by atoms with Crippen molar-refractivity contribution in [1.82, 2.24) is 20.5 Å². The van der Waals surface area contributed by atoms with Crippen LogP contribution in [0.15, 0.2) is 18.5 Å². The van der Waals surface area contributed by atoms with E-state index in [9.17, 15) is 5.11 Å². The second-order valence-corrected chi connectivity index (χ2v) is 5.68. The fourth-order valence-electron chi connectivity index (χ4n) is 3.30. The van der Waals surface area contributed by atoms with Crippen molar-refractivity contribution in [2.24, 2.45) is 0 Å². The molecule has 2 aromatic rings. The smallest absolute Gasteiger partial charge is 0.141 e. The molecule has 0 saturated heterocycles. The van der Waals surface area contributed by atoms with Crippen LogP contribution in [0.2, 0.25) is 0 Å². The highest BCUT2D eigenvalue weighted by Gasteiger charge is 2.33. The molecule has 0 saturated carbocycles. The zero-order chi connectivity index (χ0) is 14.3. The number of H-pyrrole nitrogens is 1. The summed E-state index contributed by atoms with van der Waals surface area (Å²) in [5.41, 5.74) is 3.58. The topological polar surface area (TPSA) is 73.8 Å². The lowest BCUT2D eigenvalue weighted by atomic mass is 9.97. The maximum atomic E-state index is 10.2. The monoisotopic (exact) mass is 272 g/mol. The van der Waals surface area contributed by atoms with Gasteiger partial charge in [0.05, 0.1) is 6.04 Å². The summed E-state index contributed by atoms with van der Waals surface area (Å²) in [4.78, 5) is 4.18. The van der Waals surface area contributed by atoms with E-state index in [1.54, 1.807) is 6.07 Å². The van der Waals surface area contributed by atoms with Gasteiger partial charge in [0.1, 0.15) is 17.9 Å². The first-order chi connectivity index (χ1) is 9.58.